The molecule has 1 aliphatic rings. The molecule has 0 bridgehead atoms. The van der Waals surface area contributed by atoms with E-state index in [1.165, 1.54) is 5.56 Å². The van der Waals surface area contributed by atoms with Crippen LogP contribution in [-0.2, 0) is 16.8 Å². The third kappa shape index (κ3) is 4.79. The molecule has 4 rings (SSSR count). The Morgan fingerprint density at radius 1 is 1.10 bits per heavy atom. The van der Waals surface area contributed by atoms with E-state index in [9.17, 15) is 4.79 Å². The first-order chi connectivity index (χ1) is 14.8. The molecule has 6 nitrogen and oxygen atoms in total. The zero-order chi connectivity index (χ0) is 22.0. The van der Waals surface area contributed by atoms with Gasteiger partial charge in [0.25, 0.3) is 5.89 Å². The smallest absolute Gasteiger partial charge is 0.257 e. The summed E-state index contributed by atoms with van der Waals surface area (Å²) in [4.78, 5) is 19.0. The molecule has 0 radical (unpaired) electrons. The van der Waals surface area contributed by atoms with E-state index in [2.05, 4.69) is 43.0 Å². The highest BCUT2D eigenvalue weighted by Gasteiger charge is 2.33. The standard InChI is InChI=1S/C25H29N3O3/c1-5-30-21-12-6-17(7-13-21)15-28-16-19(14-22(28)29)23-26-24(31-27-23)18-8-10-20(11-9-18)25(2,3)4/h6-13,19H,5,14-16H2,1-4H3. The lowest BCUT2D eigenvalue weighted by atomic mass is 9.87. The van der Waals surface area contributed by atoms with E-state index in [1.807, 2.05) is 48.2 Å². The second-order valence-electron chi connectivity index (χ2n) is 9.04. The number of rotatable bonds is 6. The number of ether oxygens (including phenoxy) is 1. The van der Waals surface area contributed by atoms with Crippen molar-refractivity contribution in [2.24, 2.45) is 0 Å². The fraction of sp³-hybridized carbons (Fsp3) is 0.400. The van der Waals surface area contributed by atoms with Gasteiger partial charge in [0.15, 0.2) is 5.82 Å². The number of likely N-dealkylation sites (tertiary alicyclic amines) is 1. The van der Waals surface area contributed by atoms with Gasteiger partial charge in [0.2, 0.25) is 5.91 Å². The highest BCUT2D eigenvalue weighted by molar-refractivity contribution is 5.79. The normalized spacial score (nSPS) is 16.7. The fourth-order valence-corrected chi connectivity index (χ4v) is 3.81. The van der Waals surface area contributed by atoms with Crippen LogP contribution in [0.4, 0.5) is 0 Å². The molecule has 0 spiro atoms. The van der Waals surface area contributed by atoms with E-state index in [0.29, 0.717) is 37.8 Å². The van der Waals surface area contributed by atoms with Crippen LogP contribution in [0.3, 0.4) is 0 Å². The van der Waals surface area contributed by atoms with E-state index in [-0.39, 0.29) is 17.2 Å². The summed E-state index contributed by atoms with van der Waals surface area (Å²) in [5, 5.41) is 4.17. The van der Waals surface area contributed by atoms with E-state index in [0.717, 1.165) is 16.9 Å². The van der Waals surface area contributed by atoms with Crippen LogP contribution in [0.2, 0.25) is 0 Å². The molecule has 6 heteroatoms. The summed E-state index contributed by atoms with van der Waals surface area (Å²) in [7, 11) is 0. The lowest BCUT2D eigenvalue weighted by Crippen LogP contribution is -2.24. The van der Waals surface area contributed by atoms with Gasteiger partial charge >= 0.3 is 0 Å². The molecule has 2 aromatic carbocycles. The Kier molecular flexibility index (Phi) is 5.81. The largest absolute Gasteiger partial charge is 0.494 e. The van der Waals surface area contributed by atoms with E-state index in [4.69, 9.17) is 9.26 Å². The van der Waals surface area contributed by atoms with Crippen LogP contribution in [0.25, 0.3) is 11.5 Å². The van der Waals surface area contributed by atoms with Gasteiger partial charge in [-0.25, -0.2) is 0 Å². The number of amides is 1. The summed E-state index contributed by atoms with van der Waals surface area (Å²) in [6, 6.07) is 16.1. The van der Waals surface area contributed by atoms with Crippen LogP contribution < -0.4 is 4.74 Å². The maximum atomic E-state index is 12.6. The highest BCUT2D eigenvalue weighted by atomic mass is 16.5. The predicted molar refractivity (Wildman–Crippen MR) is 119 cm³/mol. The van der Waals surface area contributed by atoms with Crippen molar-refractivity contribution in [3.05, 3.63) is 65.5 Å². The van der Waals surface area contributed by atoms with Crippen LogP contribution in [0.15, 0.2) is 53.1 Å². The van der Waals surface area contributed by atoms with Gasteiger partial charge in [0.05, 0.1) is 6.61 Å². The Bertz CT molecular complexity index is 1030. The lowest BCUT2D eigenvalue weighted by Gasteiger charge is -2.18. The first kappa shape index (κ1) is 21.1. The number of benzene rings is 2. The SMILES string of the molecule is CCOc1ccc(CN2CC(c3noc(-c4ccc(C(C)(C)C)cc4)n3)CC2=O)cc1. The molecule has 0 saturated carbocycles. The Labute approximate surface area is 183 Å². The van der Waals surface area contributed by atoms with Crippen molar-refractivity contribution >= 4 is 5.91 Å². The molecule has 0 aliphatic carbocycles. The fourth-order valence-electron chi connectivity index (χ4n) is 3.81. The Morgan fingerprint density at radius 2 is 1.81 bits per heavy atom. The minimum atomic E-state index is -0.0541. The average molecular weight is 420 g/mol. The Balaban J connectivity index is 1.42. The predicted octanol–water partition coefficient (Wildman–Crippen LogP) is 4.95. The molecule has 0 N–H and O–H groups in total. The van der Waals surface area contributed by atoms with Crippen LogP contribution in [0.1, 0.15) is 57.0 Å². The van der Waals surface area contributed by atoms with Gasteiger partial charge in [-0.2, -0.15) is 4.98 Å². The molecule has 31 heavy (non-hydrogen) atoms. The first-order valence-corrected chi connectivity index (χ1v) is 10.8. The van der Waals surface area contributed by atoms with Crippen LogP contribution >= 0.6 is 0 Å². The topological polar surface area (TPSA) is 68.5 Å². The quantitative estimate of drug-likeness (QED) is 0.565. The molecule has 2 heterocycles. The van der Waals surface area contributed by atoms with Gasteiger partial charge in [-0.15, -0.1) is 0 Å². The van der Waals surface area contributed by atoms with Crippen molar-refractivity contribution in [1.82, 2.24) is 15.0 Å². The molecule has 162 valence electrons. The number of hydrogen-bond donors (Lipinski definition) is 0. The van der Waals surface area contributed by atoms with Crippen molar-refractivity contribution < 1.29 is 14.1 Å². The minimum Gasteiger partial charge on any atom is -0.494 e. The average Bonchev–Trinajstić information content (AvgIpc) is 3.37. The van der Waals surface area contributed by atoms with E-state index in [1.54, 1.807) is 0 Å². The molecule has 1 saturated heterocycles. The number of carbonyl (C=O) groups is 1. The maximum Gasteiger partial charge on any atom is 0.257 e. The molecule has 3 aromatic rings. The number of nitrogens with zero attached hydrogens (tertiary/aromatic N) is 3. The second kappa shape index (κ2) is 8.53. The number of hydrogen-bond acceptors (Lipinski definition) is 5. The maximum absolute atomic E-state index is 12.6. The van der Waals surface area contributed by atoms with Crippen LogP contribution in [0.5, 0.6) is 5.75 Å². The van der Waals surface area contributed by atoms with E-state index >= 15 is 0 Å². The van der Waals surface area contributed by atoms with Crippen molar-refractivity contribution in [1.29, 1.82) is 0 Å². The van der Waals surface area contributed by atoms with Crippen LogP contribution in [0, 0.1) is 0 Å². The molecule has 1 atom stereocenters. The van der Waals surface area contributed by atoms with Gasteiger partial charge in [-0.3, -0.25) is 4.79 Å². The third-order valence-electron chi connectivity index (χ3n) is 5.63. The lowest BCUT2D eigenvalue weighted by molar-refractivity contribution is -0.128. The summed E-state index contributed by atoms with van der Waals surface area (Å²) in [6.45, 7) is 10.3. The van der Waals surface area contributed by atoms with Crippen molar-refractivity contribution in [3.8, 4) is 17.2 Å². The molecular weight excluding hydrogens is 390 g/mol. The van der Waals surface area contributed by atoms with Gasteiger partial charge in [-0.1, -0.05) is 50.2 Å². The highest BCUT2D eigenvalue weighted by Crippen LogP contribution is 2.30. The molecule has 1 aliphatic heterocycles. The Morgan fingerprint density at radius 3 is 2.45 bits per heavy atom. The summed E-state index contributed by atoms with van der Waals surface area (Å²) in [6.07, 6.45) is 0.402. The van der Waals surface area contributed by atoms with Gasteiger partial charge in [0.1, 0.15) is 5.75 Å². The minimum absolute atomic E-state index is 0.0541. The van der Waals surface area contributed by atoms with Gasteiger partial charge in [-0.05, 0) is 47.7 Å². The van der Waals surface area contributed by atoms with Gasteiger partial charge < -0.3 is 14.2 Å². The molecule has 1 aromatic heterocycles. The van der Waals surface area contributed by atoms with Crippen molar-refractivity contribution in [2.75, 3.05) is 13.2 Å². The Hall–Kier alpha value is -3.15. The monoisotopic (exact) mass is 419 g/mol. The summed E-state index contributed by atoms with van der Waals surface area (Å²) < 4.78 is 11.0. The van der Waals surface area contributed by atoms with Gasteiger partial charge in [0, 0.05) is 31.0 Å². The summed E-state index contributed by atoms with van der Waals surface area (Å²) in [5.41, 5.74) is 3.31. The first-order valence-electron chi connectivity index (χ1n) is 10.8. The molecule has 1 amide bonds. The van der Waals surface area contributed by atoms with Crippen LogP contribution in [-0.4, -0.2) is 34.1 Å². The molecule has 1 unspecified atom stereocenters. The number of carbonyl (C=O) groups excluding carboxylic acids is 1. The zero-order valence-corrected chi connectivity index (χ0v) is 18.6. The van der Waals surface area contributed by atoms with E-state index < -0.39 is 0 Å². The summed E-state index contributed by atoms with van der Waals surface area (Å²) >= 11 is 0. The molecule has 1 fully saturated rings. The summed E-state index contributed by atoms with van der Waals surface area (Å²) in [5.74, 6) is 1.98. The van der Waals surface area contributed by atoms with Crippen molar-refractivity contribution in [2.45, 2.75) is 52.0 Å². The zero-order valence-electron chi connectivity index (χ0n) is 18.6. The second-order valence-corrected chi connectivity index (χ2v) is 9.04. The molecular formula is C25H29N3O3. The third-order valence-corrected chi connectivity index (χ3v) is 5.63. The van der Waals surface area contributed by atoms with Crippen molar-refractivity contribution in [3.63, 3.8) is 0 Å². The number of aromatic nitrogens is 2.